The number of Topliss-reactive ketones (excluding diaryl/α,β-unsaturated/α-hetero) is 1. The Morgan fingerprint density at radius 2 is 1.51 bits per heavy atom. The second kappa shape index (κ2) is 13.9. The molecule has 0 aliphatic heterocycles. The maximum Gasteiger partial charge on any atom is 0.306 e. The number of carbonyl (C=O) groups excluding carboxylic acids is 3. The molecule has 8 nitrogen and oxygen atoms in total. The van der Waals surface area contributed by atoms with Gasteiger partial charge in [-0.05, 0) is 51.5 Å². The van der Waals surface area contributed by atoms with E-state index in [4.69, 9.17) is 13.9 Å². The minimum atomic E-state index is -0.362. The summed E-state index contributed by atoms with van der Waals surface area (Å²) in [5, 5.41) is 9.60. The van der Waals surface area contributed by atoms with Gasteiger partial charge in [0.05, 0.1) is 26.1 Å². The summed E-state index contributed by atoms with van der Waals surface area (Å²) < 4.78 is 15.1. The number of phenols is 1. The highest BCUT2D eigenvalue weighted by atomic mass is 16.5. The number of carbonyl (C=O) groups is 3. The molecule has 1 heterocycles. The molecule has 3 rings (SSSR count). The first-order chi connectivity index (χ1) is 16.7. The summed E-state index contributed by atoms with van der Waals surface area (Å²) in [7, 11) is 0. The lowest BCUT2D eigenvalue weighted by molar-refractivity contribution is -0.144. The largest absolute Gasteiger partial charge is 0.508 e. The fraction of sp³-hybridized carbons (Fsp3) is 0.407. The SMILES string of the molecule is CCOC(=O)CCC(=O)Cc1cc(C)ccc1O.CCOC(=O)CCc1nc2cc(C)ccc2o1. The maximum absolute atomic E-state index is 11.7. The first-order valence-electron chi connectivity index (χ1n) is 11.7. The number of aromatic hydroxyl groups is 1. The summed E-state index contributed by atoms with van der Waals surface area (Å²) in [4.78, 5) is 38.3. The van der Waals surface area contributed by atoms with Crippen molar-refractivity contribution >= 4 is 28.8 Å². The third-order valence-electron chi connectivity index (χ3n) is 4.97. The van der Waals surface area contributed by atoms with Crippen molar-refractivity contribution in [3.05, 3.63) is 59.0 Å². The number of phenolic OH excluding ortho intramolecular Hbond substituents is 1. The van der Waals surface area contributed by atoms with E-state index in [2.05, 4.69) is 4.98 Å². The van der Waals surface area contributed by atoms with Crippen LogP contribution in [0.2, 0.25) is 0 Å². The highest BCUT2D eigenvalue weighted by molar-refractivity contribution is 5.85. The van der Waals surface area contributed by atoms with E-state index in [9.17, 15) is 19.5 Å². The van der Waals surface area contributed by atoms with Gasteiger partial charge in [0, 0.05) is 24.8 Å². The number of rotatable bonds is 10. The number of oxazole rings is 1. The minimum absolute atomic E-state index is 0.0797. The molecule has 35 heavy (non-hydrogen) atoms. The second-order valence-electron chi connectivity index (χ2n) is 8.04. The number of nitrogens with zero attached hydrogens (tertiary/aromatic N) is 1. The van der Waals surface area contributed by atoms with Gasteiger partial charge in [-0.3, -0.25) is 14.4 Å². The molecule has 1 aromatic heterocycles. The van der Waals surface area contributed by atoms with Gasteiger partial charge >= 0.3 is 11.9 Å². The molecule has 0 atom stereocenters. The van der Waals surface area contributed by atoms with Crippen molar-refractivity contribution in [2.24, 2.45) is 0 Å². The van der Waals surface area contributed by atoms with Crippen LogP contribution in [-0.4, -0.2) is 41.0 Å². The van der Waals surface area contributed by atoms with Gasteiger partial charge in [-0.15, -0.1) is 0 Å². The number of ketones is 1. The first-order valence-corrected chi connectivity index (χ1v) is 11.7. The topological polar surface area (TPSA) is 116 Å². The molecule has 0 fully saturated rings. The molecule has 0 amide bonds. The summed E-state index contributed by atoms with van der Waals surface area (Å²) in [6.07, 6.45) is 1.17. The monoisotopic (exact) mass is 483 g/mol. The van der Waals surface area contributed by atoms with Crippen molar-refractivity contribution in [1.29, 1.82) is 0 Å². The molecule has 2 aromatic carbocycles. The summed E-state index contributed by atoms with van der Waals surface area (Å²) in [6, 6.07) is 11.0. The second-order valence-corrected chi connectivity index (χ2v) is 8.04. The van der Waals surface area contributed by atoms with Crippen molar-refractivity contribution in [3.63, 3.8) is 0 Å². The third kappa shape index (κ3) is 9.60. The lowest BCUT2D eigenvalue weighted by Crippen LogP contribution is -2.09. The molecule has 0 aliphatic rings. The molecular formula is C27H33NO7. The molecule has 1 N–H and O–H groups in total. The first kappa shape index (κ1) is 27.6. The Kier molecular flexibility index (Phi) is 10.9. The van der Waals surface area contributed by atoms with Crippen molar-refractivity contribution in [1.82, 2.24) is 4.98 Å². The molecule has 8 heteroatoms. The van der Waals surface area contributed by atoms with Crippen molar-refractivity contribution in [2.75, 3.05) is 13.2 Å². The lowest BCUT2D eigenvalue weighted by atomic mass is 10.0. The Bertz CT molecular complexity index is 1150. The van der Waals surface area contributed by atoms with Crippen molar-refractivity contribution in [3.8, 4) is 5.75 Å². The van der Waals surface area contributed by atoms with Gasteiger partial charge in [0.25, 0.3) is 0 Å². The van der Waals surface area contributed by atoms with Crippen molar-refractivity contribution < 1.29 is 33.4 Å². The zero-order chi connectivity index (χ0) is 25.8. The highest BCUT2D eigenvalue weighted by Gasteiger charge is 2.11. The van der Waals surface area contributed by atoms with Crippen LogP contribution in [0, 0.1) is 13.8 Å². The Morgan fingerprint density at radius 3 is 2.20 bits per heavy atom. The molecular weight excluding hydrogens is 450 g/mol. The Morgan fingerprint density at radius 1 is 0.886 bits per heavy atom. The molecule has 188 valence electrons. The number of hydrogen-bond donors (Lipinski definition) is 1. The molecule has 0 saturated heterocycles. The Hall–Kier alpha value is -3.68. The molecule has 3 aromatic rings. The number of ether oxygens (including phenoxy) is 2. The van der Waals surface area contributed by atoms with E-state index in [1.807, 2.05) is 32.0 Å². The number of fused-ring (bicyclic) bond motifs is 1. The Labute approximate surface area is 205 Å². The highest BCUT2D eigenvalue weighted by Crippen LogP contribution is 2.20. The minimum Gasteiger partial charge on any atom is -0.508 e. The van der Waals surface area contributed by atoms with Gasteiger partial charge in [0.15, 0.2) is 11.5 Å². The van der Waals surface area contributed by atoms with E-state index in [1.165, 1.54) is 0 Å². The van der Waals surface area contributed by atoms with E-state index in [0.717, 1.165) is 22.2 Å². The standard InChI is InChI=1S/C14H18O4.C13H15NO3/c1-3-18-14(17)7-5-12(15)9-11-8-10(2)4-6-13(11)16;1-3-16-13(15)7-6-12-14-10-8-9(2)4-5-11(10)17-12/h4,6,8,16H,3,5,7,9H2,1-2H3;4-5,8H,3,6-7H2,1-2H3. The van der Waals surface area contributed by atoms with Crippen molar-refractivity contribution in [2.45, 2.75) is 59.8 Å². The normalized spacial score (nSPS) is 10.4. The molecule has 0 aliphatic carbocycles. The van der Waals surface area contributed by atoms with Gasteiger partial charge in [-0.2, -0.15) is 0 Å². The number of aryl methyl sites for hydroxylation is 3. The summed E-state index contributed by atoms with van der Waals surface area (Å²) in [5.74, 6) is 0.0398. The fourth-order valence-corrected chi connectivity index (χ4v) is 3.27. The van der Waals surface area contributed by atoms with Crippen LogP contribution in [0.4, 0.5) is 0 Å². The van der Waals surface area contributed by atoms with Crippen LogP contribution in [0.25, 0.3) is 11.1 Å². The predicted molar refractivity (Wildman–Crippen MR) is 131 cm³/mol. The zero-order valence-corrected chi connectivity index (χ0v) is 20.8. The fourth-order valence-electron chi connectivity index (χ4n) is 3.27. The summed E-state index contributed by atoms with van der Waals surface area (Å²) >= 11 is 0. The molecule has 0 radical (unpaired) electrons. The number of esters is 2. The van der Waals surface area contributed by atoms with Crippen LogP contribution in [0.15, 0.2) is 40.8 Å². The van der Waals surface area contributed by atoms with Gasteiger partial charge in [0.1, 0.15) is 17.0 Å². The van der Waals surface area contributed by atoms with Gasteiger partial charge < -0.3 is 19.0 Å². The number of hydrogen-bond acceptors (Lipinski definition) is 8. The number of aromatic nitrogens is 1. The Balaban J connectivity index is 0.000000247. The molecule has 0 spiro atoms. The van der Waals surface area contributed by atoms with Crippen LogP contribution in [0.5, 0.6) is 5.75 Å². The molecule has 0 bridgehead atoms. The van der Waals surface area contributed by atoms with Crippen LogP contribution in [-0.2, 0) is 36.7 Å². The van der Waals surface area contributed by atoms with E-state index in [-0.39, 0.29) is 42.7 Å². The lowest BCUT2D eigenvalue weighted by Gasteiger charge is -2.05. The van der Waals surface area contributed by atoms with E-state index in [1.54, 1.807) is 32.0 Å². The smallest absolute Gasteiger partial charge is 0.306 e. The van der Waals surface area contributed by atoms with E-state index >= 15 is 0 Å². The van der Waals surface area contributed by atoms with E-state index in [0.29, 0.717) is 37.5 Å². The summed E-state index contributed by atoms with van der Waals surface area (Å²) in [6.45, 7) is 8.15. The van der Waals surface area contributed by atoms with E-state index < -0.39 is 0 Å². The quantitative estimate of drug-likeness (QED) is 0.409. The van der Waals surface area contributed by atoms with Gasteiger partial charge in [-0.1, -0.05) is 23.8 Å². The zero-order valence-electron chi connectivity index (χ0n) is 20.8. The van der Waals surface area contributed by atoms with Gasteiger partial charge in [-0.25, -0.2) is 4.98 Å². The summed E-state index contributed by atoms with van der Waals surface area (Å²) in [5.41, 5.74) is 4.32. The maximum atomic E-state index is 11.7. The predicted octanol–water partition coefficient (Wildman–Crippen LogP) is 4.79. The molecule has 0 saturated carbocycles. The van der Waals surface area contributed by atoms with Gasteiger partial charge in [0.2, 0.25) is 0 Å². The van der Waals surface area contributed by atoms with Crippen LogP contribution in [0.1, 0.15) is 55.7 Å². The number of benzene rings is 2. The third-order valence-corrected chi connectivity index (χ3v) is 4.97. The molecule has 0 unspecified atom stereocenters. The average Bonchev–Trinajstić information content (AvgIpc) is 3.22. The van der Waals surface area contributed by atoms with Crippen LogP contribution < -0.4 is 0 Å². The van der Waals surface area contributed by atoms with Crippen LogP contribution in [0.3, 0.4) is 0 Å². The van der Waals surface area contributed by atoms with Crippen LogP contribution >= 0.6 is 0 Å². The average molecular weight is 484 g/mol.